The maximum Gasteiger partial charge on any atom is 0.125 e. The number of nitrogens with zero attached hydrogens (tertiary/aromatic N) is 1. The van der Waals surface area contributed by atoms with Crippen molar-refractivity contribution in [2.45, 2.75) is 19.4 Å². The van der Waals surface area contributed by atoms with E-state index in [1.807, 2.05) is 18.5 Å². The molecule has 0 spiro atoms. The summed E-state index contributed by atoms with van der Waals surface area (Å²) < 4.78 is 15.2. The molecule has 1 aromatic heterocycles. The van der Waals surface area contributed by atoms with Crippen molar-refractivity contribution in [3.05, 3.63) is 47.6 Å². The molecule has 4 heteroatoms. The van der Waals surface area contributed by atoms with Crippen LogP contribution in [0.3, 0.4) is 0 Å². The summed E-state index contributed by atoms with van der Waals surface area (Å²) in [6, 6.07) is 4.19. The average Bonchev–Trinajstić information content (AvgIpc) is 2.54. The molecule has 0 saturated carbocycles. The second kappa shape index (κ2) is 4.46. The molecule has 0 saturated heterocycles. The van der Waals surface area contributed by atoms with Gasteiger partial charge in [0.15, 0.2) is 0 Å². The van der Waals surface area contributed by atoms with Gasteiger partial charge in [-0.25, -0.2) is 4.39 Å². The van der Waals surface area contributed by atoms with Crippen LogP contribution >= 0.6 is 0 Å². The van der Waals surface area contributed by atoms with E-state index in [0.717, 1.165) is 22.2 Å². The number of benzene rings is 1. The zero-order valence-corrected chi connectivity index (χ0v) is 10.6. The molecule has 3 nitrogen and oxygen atoms in total. The number of aliphatic hydroxyl groups is 1. The van der Waals surface area contributed by atoms with Gasteiger partial charge < -0.3 is 15.4 Å². The van der Waals surface area contributed by atoms with Gasteiger partial charge in [-0.3, -0.25) is 0 Å². The molecule has 0 fully saturated rings. The van der Waals surface area contributed by atoms with Crippen LogP contribution in [0.1, 0.15) is 11.3 Å². The fraction of sp³-hybridized carbons (Fsp3) is 0.286. The van der Waals surface area contributed by atoms with Crippen molar-refractivity contribution in [2.24, 2.45) is 12.8 Å². The molecule has 1 unspecified atom stereocenters. The maximum absolute atomic E-state index is 13.3. The summed E-state index contributed by atoms with van der Waals surface area (Å²) in [4.78, 5) is 0. The lowest BCUT2D eigenvalue weighted by Crippen LogP contribution is -2.25. The number of nitrogens with two attached hydrogens (primary N) is 1. The van der Waals surface area contributed by atoms with Crippen molar-refractivity contribution in [3.8, 4) is 0 Å². The third kappa shape index (κ3) is 1.99. The van der Waals surface area contributed by atoms with Gasteiger partial charge in [-0.2, -0.15) is 0 Å². The zero-order valence-electron chi connectivity index (χ0n) is 10.6. The highest BCUT2D eigenvalue weighted by Gasteiger charge is 2.16. The van der Waals surface area contributed by atoms with Gasteiger partial charge in [0.25, 0.3) is 0 Å². The largest absolute Gasteiger partial charge is 0.511 e. The van der Waals surface area contributed by atoms with Crippen LogP contribution in [0.25, 0.3) is 10.9 Å². The lowest BCUT2D eigenvalue weighted by molar-refractivity contribution is 0.368. The standard InChI is InChI=1S/C14H17FN2O/c1-8-12(7-13(16)9(2)18)11-5-4-10(15)6-14(11)17(8)3/h4-6,13,18H,2,7,16H2,1,3H3. The Hall–Kier alpha value is -1.81. The van der Waals surface area contributed by atoms with Gasteiger partial charge in [-0.05, 0) is 37.1 Å². The van der Waals surface area contributed by atoms with E-state index in [1.165, 1.54) is 12.1 Å². The molecule has 3 N–H and O–H groups in total. The Kier molecular flexibility index (Phi) is 3.13. The SMILES string of the molecule is C=C(O)C(N)Cc1c(C)n(C)c2cc(F)ccc12. The van der Waals surface area contributed by atoms with Crippen molar-refractivity contribution >= 4 is 10.9 Å². The van der Waals surface area contributed by atoms with Crippen LogP contribution in [0, 0.1) is 12.7 Å². The molecule has 2 rings (SSSR count). The van der Waals surface area contributed by atoms with Gasteiger partial charge in [0, 0.05) is 18.1 Å². The Bertz CT molecular complexity index is 616. The molecule has 0 aliphatic rings. The topological polar surface area (TPSA) is 51.2 Å². The molecule has 2 aromatic rings. The molecular weight excluding hydrogens is 231 g/mol. The van der Waals surface area contributed by atoms with Crippen LogP contribution in [-0.4, -0.2) is 15.7 Å². The Morgan fingerprint density at radius 1 is 1.56 bits per heavy atom. The minimum Gasteiger partial charge on any atom is -0.511 e. The summed E-state index contributed by atoms with van der Waals surface area (Å²) in [5.41, 5.74) is 8.69. The minimum atomic E-state index is -0.501. The second-order valence-corrected chi connectivity index (χ2v) is 4.59. The molecule has 0 bridgehead atoms. The lowest BCUT2D eigenvalue weighted by atomic mass is 10.0. The molecule has 0 amide bonds. The number of hydrogen-bond acceptors (Lipinski definition) is 2. The molecule has 0 aliphatic heterocycles. The molecule has 0 aliphatic carbocycles. The second-order valence-electron chi connectivity index (χ2n) is 4.59. The van der Waals surface area contributed by atoms with Crippen LogP contribution in [-0.2, 0) is 13.5 Å². The number of fused-ring (bicyclic) bond motifs is 1. The molecular formula is C14H17FN2O. The molecule has 96 valence electrons. The summed E-state index contributed by atoms with van der Waals surface area (Å²) in [5, 5.41) is 10.3. The van der Waals surface area contributed by atoms with Gasteiger partial charge in [0.05, 0.1) is 11.6 Å². The zero-order chi connectivity index (χ0) is 13.4. The Labute approximate surface area is 105 Å². The number of hydrogen-bond donors (Lipinski definition) is 2. The van der Waals surface area contributed by atoms with Gasteiger partial charge in [0.1, 0.15) is 11.6 Å². The molecule has 1 atom stereocenters. The molecule has 1 heterocycles. The minimum absolute atomic E-state index is 0.0338. The van der Waals surface area contributed by atoms with Crippen LogP contribution in [0.15, 0.2) is 30.5 Å². The fourth-order valence-electron chi connectivity index (χ4n) is 2.21. The number of aromatic nitrogens is 1. The van der Waals surface area contributed by atoms with Gasteiger partial charge in [0.2, 0.25) is 0 Å². The van der Waals surface area contributed by atoms with Crippen molar-refractivity contribution < 1.29 is 9.50 Å². The van der Waals surface area contributed by atoms with E-state index < -0.39 is 6.04 Å². The number of halogens is 1. The highest BCUT2D eigenvalue weighted by molar-refractivity contribution is 5.85. The predicted octanol–water partition coefficient (Wildman–Crippen LogP) is 2.57. The van der Waals surface area contributed by atoms with Crippen molar-refractivity contribution in [3.63, 3.8) is 0 Å². The third-order valence-electron chi connectivity index (χ3n) is 3.44. The quantitative estimate of drug-likeness (QED) is 0.820. The van der Waals surface area contributed by atoms with Crippen LogP contribution in [0.5, 0.6) is 0 Å². The highest BCUT2D eigenvalue weighted by Crippen LogP contribution is 2.27. The first-order chi connectivity index (χ1) is 8.41. The van der Waals surface area contributed by atoms with Gasteiger partial charge in [-0.1, -0.05) is 6.58 Å². The summed E-state index contributed by atoms with van der Waals surface area (Å²) in [5.74, 6) is -0.293. The first kappa shape index (κ1) is 12.6. The van der Waals surface area contributed by atoms with E-state index in [0.29, 0.717) is 6.42 Å². The van der Waals surface area contributed by atoms with Crippen LogP contribution in [0.2, 0.25) is 0 Å². The summed E-state index contributed by atoms with van der Waals surface area (Å²) in [7, 11) is 1.89. The fourth-order valence-corrected chi connectivity index (χ4v) is 2.21. The van der Waals surface area contributed by atoms with Gasteiger partial charge in [-0.15, -0.1) is 0 Å². The Balaban J connectivity index is 2.57. The monoisotopic (exact) mass is 248 g/mol. The van der Waals surface area contributed by atoms with E-state index in [2.05, 4.69) is 6.58 Å². The third-order valence-corrected chi connectivity index (χ3v) is 3.44. The van der Waals surface area contributed by atoms with Crippen LogP contribution in [0.4, 0.5) is 4.39 Å². The molecule has 18 heavy (non-hydrogen) atoms. The lowest BCUT2D eigenvalue weighted by Gasteiger charge is -2.10. The van der Waals surface area contributed by atoms with E-state index in [1.54, 1.807) is 6.07 Å². The number of aliphatic hydroxyl groups excluding tert-OH is 1. The normalized spacial score (nSPS) is 12.9. The molecule has 1 aromatic carbocycles. The summed E-state index contributed by atoms with van der Waals surface area (Å²) in [6.45, 7) is 5.40. The Morgan fingerprint density at radius 2 is 2.22 bits per heavy atom. The highest BCUT2D eigenvalue weighted by atomic mass is 19.1. The van der Waals surface area contributed by atoms with E-state index in [4.69, 9.17) is 5.73 Å². The van der Waals surface area contributed by atoms with E-state index >= 15 is 0 Å². The van der Waals surface area contributed by atoms with E-state index in [-0.39, 0.29) is 11.6 Å². The summed E-state index contributed by atoms with van der Waals surface area (Å²) in [6.07, 6.45) is 0.490. The summed E-state index contributed by atoms with van der Waals surface area (Å²) >= 11 is 0. The Morgan fingerprint density at radius 3 is 2.83 bits per heavy atom. The van der Waals surface area contributed by atoms with Crippen molar-refractivity contribution in [1.29, 1.82) is 0 Å². The smallest absolute Gasteiger partial charge is 0.125 e. The predicted molar refractivity (Wildman–Crippen MR) is 71.1 cm³/mol. The first-order valence-corrected chi connectivity index (χ1v) is 5.78. The average molecular weight is 248 g/mol. The number of aryl methyl sites for hydroxylation is 1. The van der Waals surface area contributed by atoms with Crippen molar-refractivity contribution in [2.75, 3.05) is 0 Å². The van der Waals surface area contributed by atoms with E-state index in [9.17, 15) is 9.50 Å². The number of rotatable bonds is 3. The first-order valence-electron chi connectivity index (χ1n) is 5.78. The maximum atomic E-state index is 13.3. The molecule has 0 radical (unpaired) electrons. The van der Waals surface area contributed by atoms with Crippen LogP contribution < -0.4 is 5.73 Å². The van der Waals surface area contributed by atoms with Crippen molar-refractivity contribution in [1.82, 2.24) is 4.57 Å². The van der Waals surface area contributed by atoms with Gasteiger partial charge >= 0.3 is 0 Å².